The molecule has 0 fully saturated rings. The molecule has 0 unspecified atom stereocenters. The van der Waals surface area contributed by atoms with E-state index in [4.69, 9.17) is 18.0 Å². The quantitative estimate of drug-likeness (QED) is 0.819. The fraction of sp³-hybridized carbons (Fsp3) is 0.462. The zero-order valence-electron chi connectivity index (χ0n) is 10.5. The molecule has 0 spiro atoms. The summed E-state index contributed by atoms with van der Waals surface area (Å²) in [5.41, 5.74) is 6.46. The molecule has 0 aliphatic heterocycles. The molecular weight excluding hydrogens is 235 g/mol. The molecule has 0 saturated carbocycles. The summed E-state index contributed by atoms with van der Waals surface area (Å²) in [6.07, 6.45) is 0. The lowest BCUT2D eigenvalue weighted by molar-refractivity contribution is 0.222. The second kappa shape index (κ2) is 6.07. The van der Waals surface area contributed by atoms with Gasteiger partial charge in [-0.1, -0.05) is 31.3 Å². The van der Waals surface area contributed by atoms with Crippen molar-refractivity contribution in [2.45, 2.75) is 33.4 Å². The lowest BCUT2D eigenvalue weighted by atomic mass is 10.1. The Kier molecular flexibility index (Phi) is 5.02. The number of hydrogen-bond donors (Lipinski definition) is 1. The molecule has 0 bridgehead atoms. The number of rotatable bonds is 5. The SMILES string of the molecule is CCN(Cc1cccc(C(N)=S)c1F)C(C)C. The predicted octanol–water partition coefficient (Wildman–Crippen LogP) is 2.69. The second-order valence-electron chi connectivity index (χ2n) is 4.30. The maximum absolute atomic E-state index is 14.1. The van der Waals surface area contributed by atoms with Crippen LogP contribution < -0.4 is 5.73 Å². The van der Waals surface area contributed by atoms with E-state index in [1.807, 2.05) is 0 Å². The van der Waals surface area contributed by atoms with Crippen LogP contribution in [0.5, 0.6) is 0 Å². The Bertz CT molecular complexity index is 404. The molecule has 0 aromatic heterocycles. The summed E-state index contributed by atoms with van der Waals surface area (Å²) in [7, 11) is 0. The third-order valence-corrected chi connectivity index (χ3v) is 3.07. The Morgan fingerprint density at radius 3 is 2.59 bits per heavy atom. The lowest BCUT2D eigenvalue weighted by Gasteiger charge is -2.25. The van der Waals surface area contributed by atoms with E-state index < -0.39 is 0 Å². The van der Waals surface area contributed by atoms with Gasteiger partial charge in [-0.05, 0) is 26.5 Å². The van der Waals surface area contributed by atoms with Crippen molar-refractivity contribution < 1.29 is 4.39 Å². The summed E-state index contributed by atoms with van der Waals surface area (Å²) in [5, 5.41) is 0. The van der Waals surface area contributed by atoms with Crippen LogP contribution in [-0.2, 0) is 6.54 Å². The molecule has 4 heteroatoms. The van der Waals surface area contributed by atoms with Gasteiger partial charge in [0.15, 0.2) is 0 Å². The molecule has 1 rings (SSSR count). The number of hydrogen-bond acceptors (Lipinski definition) is 2. The first-order valence-electron chi connectivity index (χ1n) is 5.78. The zero-order chi connectivity index (χ0) is 13.0. The molecule has 94 valence electrons. The molecule has 0 aliphatic carbocycles. The van der Waals surface area contributed by atoms with Gasteiger partial charge in [-0.15, -0.1) is 0 Å². The molecule has 2 nitrogen and oxygen atoms in total. The topological polar surface area (TPSA) is 29.3 Å². The zero-order valence-corrected chi connectivity index (χ0v) is 11.4. The molecule has 0 amide bonds. The van der Waals surface area contributed by atoms with Crippen LogP contribution in [0.15, 0.2) is 18.2 Å². The van der Waals surface area contributed by atoms with E-state index >= 15 is 0 Å². The van der Waals surface area contributed by atoms with E-state index in [2.05, 4.69) is 25.7 Å². The Morgan fingerprint density at radius 1 is 1.47 bits per heavy atom. The van der Waals surface area contributed by atoms with Gasteiger partial charge in [0.1, 0.15) is 10.8 Å². The molecular formula is C13H19FN2S. The van der Waals surface area contributed by atoms with Gasteiger partial charge in [0.05, 0.1) is 0 Å². The Balaban J connectivity index is 2.99. The van der Waals surface area contributed by atoms with Gasteiger partial charge in [-0.2, -0.15) is 0 Å². The summed E-state index contributed by atoms with van der Waals surface area (Å²) < 4.78 is 14.1. The molecule has 0 atom stereocenters. The number of thiocarbonyl (C=S) groups is 1. The molecule has 0 aliphatic rings. The third-order valence-electron chi connectivity index (χ3n) is 2.85. The van der Waals surface area contributed by atoms with Crippen molar-refractivity contribution in [2.75, 3.05) is 6.54 Å². The van der Waals surface area contributed by atoms with Crippen molar-refractivity contribution in [1.82, 2.24) is 4.90 Å². The van der Waals surface area contributed by atoms with E-state index in [1.165, 1.54) is 0 Å². The Morgan fingerprint density at radius 2 is 2.12 bits per heavy atom. The first-order chi connectivity index (χ1) is 7.97. The molecule has 0 saturated heterocycles. The first kappa shape index (κ1) is 14.1. The predicted molar refractivity (Wildman–Crippen MR) is 73.5 cm³/mol. The van der Waals surface area contributed by atoms with Crippen molar-refractivity contribution in [3.63, 3.8) is 0 Å². The van der Waals surface area contributed by atoms with Gasteiger partial charge in [-0.3, -0.25) is 4.90 Å². The van der Waals surface area contributed by atoms with Gasteiger partial charge in [0.2, 0.25) is 0 Å². The van der Waals surface area contributed by atoms with Crippen LogP contribution in [0.25, 0.3) is 0 Å². The van der Waals surface area contributed by atoms with Crippen molar-refractivity contribution >= 4 is 17.2 Å². The Hall–Kier alpha value is -1.00. The maximum atomic E-state index is 14.1. The fourth-order valence-corrected chi connectivity index (χ4v) is 1.93. The minimum Gasteiger partial charge on any atom is -0.389 e. The number of nitrogens with two attached hydrogens (primary N) is 1. The Labute approximate surface area is 108 Å². The molecule has 0 radical (unpaired) electrons. The van der Waals surface area contributed by atoms with E-state index in [0.717, 1.165) is 6.54 Å². The van der Waals surface area contributed by atoms with Gasteiger partial charge < -0.3 is 5.73 Å². The molecule has 1 aromatic carbocycles. The highest BCUT2D eigenvalue weighted by Crippen LogP contribution is 2.16. The van der Waals surface area contributed by atoms with Crippen LogP contribution in [0.2, 0.25) is 0 Å². The van der Waals surface area contributed by atoms with Gasteiger partial charge in [0.25, 0.3) is 0 Å². The van der Waals surface area contributed by atoms with Crippen LogP contribution in [0.1, 0.15) is 31.9 Å². The van der Waals surface area contributed by atoms with Gasteiger partial charge in [0, 0.05) is 23.7 Å². The van der Waals surface area contributed by atoms with Gasteiger partial charge >= 0.3 is 0 Å². The third kappa shape index (κ3) is 3.48. The average Bonchev–Trinajstić information content (AvgIpc) is 2.26. The minimum absolute atomic E-state index is 0.108. The standard InChI is InChI=1S/C13H19FN2S/c1-4-16(9(2)3)8-10-6-5-7-11(12(10)14)13(15)17/h5-7,9H,4,8H2,1-3H3,(H2,15,17). The number of nitrogens with zero attached hydrogens (tertiary/aromatic N) is 1. The summed E-state index contributed by atoms with van der Waals surface area (Å²) in [6, 6.07) is 5.57. The highest BCUT2D eigenvalue weighted by atomic mass is 32.1. The van der Waals surface area contributed by atoms with Crippen LogP contribution in [0, 0.1) is 5.82 Å². The maximum Gasteiger partial charge on any atom is 0.137 e. The lowest BCUT2D eigenvalue weighted by Crippen LogP contribution is -2.30. The van der Waals surface area contributed by atoms with Crippen LogP contribution in [0.4, 0.5) is 4.39 Å². The normalized spacial score (nSPS) is 11.2. The van der Waals surface area contributed by atoms with Crippen molar-refractivity contribution in [3.05, 3.63) is 35.1 Å². The van der Waals surface area contributed by atoms with Gasteiger partial charge in [-0.25, -0.2) is 4.39 Å². The molecule has 0 heterocycles. The molecule has 1 aromatic rings. The highest BCUT2D eigenvalue weighted by Gasteiger charge is 2.14. The van der Waals surface area contributed by atoms with Crippen molar-refractivity contribution in [1.29, 1.82) is 0 Å². The fourth-order valence-electron chi connectivity index (χ4n) is 1.77. The number of halogens is 1. The summed E-state index contributed by atoms with van der Waals surface area (Å²) >= 11 is 4.83. The van der Waals surface area contributed by atoms with Crippen molar-refractivity contribution in [2.24, 2.45) is 5.73 Å². The average molecular weight is 254 g/mol. The monoisotopic (exact) mass is 254 g/mol. The first-order valence-corrected chi connectivity index (χ1v) is 6.19. The smallest absolute Gasteiger partial charge is 0.137 e. The van der Waals surface area contributed by atoms with E-state index in [0.29, 0.717) is 23.7 Å². The second-order valence-corrected chi connectivity index (χ2v) is 4.74. The molecule has 17 heavy (non-hydrogen) atoms. The highest BCUT2D eigenvalue weighted by molar-refractivity contribution is 7.80. The van der Waals surface area contributed by atoms with Crippen LogP contribution >= 0.6 is 12.2 Å². The van der Waals surface area contributed by atoms with Crippen molar-refractivity contribution in [3.8, 4) is 0 Å². The summed E-state index contributed by atoms with van der Waals surface area (Å²) in [5.74, 6) is -0.292. The van der Waals surface area contributed by atoms with E-state index in [1.54, 1.807) is 18.2 Å². The summed E-state index contributed by atoms with van der Waals surface area (Å²) in [6.45, 7) is 7.72. The number of benzene rings is 1. The summed E-state index contributed by atoms with van der Waals surface area (Å²) in [4.78, 5) is 2.29. The van der Waals surface area contributed by atoms with Crippen LogP contribution in [0.3, 0.4) is 0 Å². The molecule has 2 N–H and O–H groups in total. The minimum atomic E-state index is -0.292. The van der Waals surface area contributed by atoms with E-state index in [9.17, 15) is 4.39 Å². The van der Waals surface area contributed by atoms with Crippen LogP contribution in [-0.4, -0.2) is 22.5 Å². The van der Waals surface area contributed by atoms with E-state index in [-0.39, 0.29) is 10.8 Å². The largest absolute Gasteiger partial charge is 0.389 e.